The molecular formula is C22H23N3O3S. The highest BCUT2D eigenvalue weighted by atomic mass is 32.2. The van der Waals surface area contributed by atoms with E-state index in [0.29, 0.717) is 18.5 Å². The lowest BCUT2D eigenvalue weighted by Crippen LogP contribution is -2.39. The molecule has 1 saturated heterocycles. The Bertz CT molecular complexity index is 929. The van der Waals surface area contributed by atoms with Crippen molar-refractivity contribution in [1.29, 1.82) is 0 Å². The Balaban J connectivity index is 1.30. The van der Waals surface area contributed by atoms with E-state index in [1.54, 1.807) is 40.9 Å². The fourth-order valence-corrected chi connectivity index (χ4v) is 4.84. The molecule has 150 valence electrons. The first kappa shape index (κ1) is 19.5. The summed E-state index contributed by atoms with van der Waals surface area (Å²) in [6.07, 6.45) is 2.31. The highest BCUT2D eigenvalue weighted by Gasteiger charge is 2.23. The van der Waals surface area contributed by atoms with Gasteiger partial charge >= 0.3 is 0 Å². The summed E-state index contributed by atoms with van der Waals surface area (Å²) in [6.45, 7) is 0.643. The predicted octanol–water partition coefficient (Wildman–Crippen LogP) is 2.90. The number of carbonyl (C=O) groups is 3. The summed E-state index contributed by atoms with van der Waals surface area (Å²) in [5.41, 5.74) is 2.40. The molecule has 0 radical (unpaired) electrons. The van der Waals surface area contributed by atoms with E-state index in [-0.39, 0.29) is 30.3 Å². The van der Waals surface area contributed by atoms with Crippen LogP contribution >= 0.6 is 11.8 Å². The van der Waals surface area contributed by atoms with E-state index in [4.69, 9.17) is 0 Å². The number of hydrogen-bond donors (Lipinski definition) is 2. The lowest BCUT2D eigenvalue weighted by atomic mass is 10.0. The lowest BCUT2D eigenvalue weighted by molar-refractivity contribution is -0.121. The zero-order valence-electron chi connectivity index (χ0n) is 16.0. The Kier molecular flexibility index (Phi) is 5.85. The Morgan fingerprint density at radius 3 is 2.66 bits per heavy atom. The van der Waals surface area contributed by atoms with Gasteiger partial charge in [0.1, 0.15) is 0 Å². The molecule has 4 rings (SSSR count). The average molecular weight is 410 g/mol. The van der Waals surface area contributed by atoms with Crippen LogP contribution in [-0.4, -0.2) is 36.6 Å². The van der Waals surface area contributed by atoms with Crippen LogP contribution in [0.1, 0.15) is 41.2 Å². The second kappa shape index (κ2) is 8.69. The zero-order chi connectivity index (χ0) is 20.2. The summed E-state index contributed by atoms with van der Waals surface area (Å²) >= 11 is 1.80. The van der Waals surface area contributed by atoms with Crippen LogP contribution in [-0.2, 0) is 9.59 Å². The van der Waals surface area contributed by atoms with E-state index in [1.807, 2.05) is 18.2 Å². The summed E-state index contributed by atoms with van der Waals surface area (Å²) in [5.74, 6) is 0.560. The van der Waals surface area contributed by atoms with Gasteiger partial charge in [-0.15, -0.1) is 11.8 Å². The van der Waals surface area contributed by atoms with Crippen LogP contribution in [0.25, 0.3) is 0 Å². The molecule has 7 heteroatoms. The number of carbonyl (C=O) groups excluding carboxylic acids is 3. The lowest BCUT2D eigenvalue weighted by Gasteiger charge is -2.25. The molecule has 6 nitrogen and oxygen atoms in total. The van der Waals surface area contributed by atoms with Crippen LogP contribution in [0.15, 0.2) is 53.4 Å². The number of fused-ring (bicyclic) bond motifs is 1. The van der Waals surface area contributed by atoms with Crippen molar-refractivity contribution in [3.8, 4) is 0 Å². The fourth-order valence-electron chi connectivity index (χ4n) is 3.71. The number of nitrogens with zero attached hydrogens (tertiary/aromatic N) is 1. The van der Waals surface area contributed by atoms with Gasteiger partial charge in [0.15, 0.2) is 0 Å². The number of thioether (sulfide) groups is 1. The summed E-state index contributed by atoms with van der Waals surface area (Å²) in [5, 5.41) is 5.70. The second-order valence-electron chi connectivity index (χ2n) is 7.17. The molecule has 2 aromatic rings. The molecule has 2 heterocycles. The molecule has 1 unspecified atom stereocenters. The van der Waals surface area contributed by atoms with Crippen molar-refractivity contribution in [2.75, 3.05) is 23.7 Å². The highest BCUT2D eigenvalue weighted by molar-refractivity contribution is 7.99. The van der Waals surface area contributed by atoms with Gasteiger partial charge in [0, 0.05) is 34.9 Å². The van der Waals surface area contributed by atoms with Gasteiger partial charge in [-0.05, 0) is 48.7 Å². The number of nitrogens with one attached hydrogen (secondary N) is 2. The molecule has 0 aliphatic carbocycles. The Morgan fingerprint density at radius 1 is 1.10 bits per heavy atom. The van der Waals surface area contributed by atoms with Crippen molar-refractivity contribution in [3.63, 3.8) is 0 Å². The topological polar surface area (TPSA) is 78.5 Å². The predicted molar refractivity (Wildman–Crippen MR) is 113 cm³/mol. The number of rotatable bonds is 5. The maximum Gasteiger partial charge on any atom is 0.251 e. The van der Waals surface area contributed by atoms with Crippen molar-refractivity contribution in [1.82, 2.24) is 10.6 Å². The first-order valence-corrected chi connectivity index (χ1v) is 10.8. The van der Waals surface area contributed by atoms with E-state index in [1.165, 1.54) is 4.90 Å². The van der Waals surface area contributed by atoms with Crippen LogP contribution in [0.2, 0.25) is 0 Å². The minimum Gasteiger partial charge on any atom is -0.348 e. The molecular weight excluding hydrogens is 386 g/mol. The second-order valence-corrected chi connectivity index (χ2v) is 8.31. The van der Waals surface area contributed by atoms with Crippen molar-refractivity contribution in [2.24, 2.45) is 0 Å². The van der Waals surface area contributed by atoms with E-state index in [0.717, 1.165) is 29.8 Å². The van der Waals surface area contributed by atoms with Gasteiger partial charge in [-0.3, -0.25) is 14.4 Å². The van der Waals surface area contributed by atoms with Crippen molar-refractivity contribution in [2.45, 2.75) is 30.2 Å². The number of anilines is 1. The molecule has 0 spiro atoms. The van der Waals surface area contributed by atoms with Crippen LogP contribution in [0.5, 0.6) is 0 Å². The number of benzene rings is 2. The zero-order valence-corrected chi connectivity index (χ0v) is 16.8. The normalized spacial score (nSPS) is 18.3. The maximum atomic E-state index is 12.4. The van der Waals surface area contributed by atoms with E-state index >= 15 is 0 Å². The number of amides is 3. The third kappa shape index (κ3) is 4.45. The summed E-state index contributed by atoms with van der Waals surface area (Å²) in [4.78, 5) is 39.4. The third-order valence-electron chi connectivity index (χ3n) is 5.22. The summed E-state index contributed by atoms with van der Waals surface area (Å²) < 4.78 is 0. The third-order valence-corrected chi connectivity index (χ3v) is 6.34. The van der Waals surface area contributed by atoms with E-state index in [9.17, 15) is 14.4 Å². The Labute approximate surface area is 174 Å². The molecule has 1 atom stereocenters. The smallest absolute Gasteiger partial charge is 0.251 e. The monoisotopic (exact) mass is 409 g/mol. The van der Waals surface area contributed by atoms with Gasteiger partial charge < -0.3 is 15.5 Å². The van der Waals surface area contributed by atoms with Gasteiger partial charge in [-0.2, -0.15) is 0 Å². The highest BCUT2D eigenvalue weighted by Crippen LogP contribution is 2.35. The van der Waals surface area contributed by atoms with Gasteiger partial charge in [0.05, 0.1) is 12.6 Å². The fraction of sp³-hybridized carbons (Fsp3) is 0.318. The molecule has 3 amide bonds. The molecule has 29 heavy (non-hydrogen) atoms. The van der Waals surface area contributed by atoms with Crippen molar-refractivity contribution in [3.05, 3.63) is 59.7 Å². The first-order valence-electron chi connectivity index (χ1n) is 9.81. The van der Waals surface area contributed by atoms with Crippen LogP contribution in [0.3, 0.4) is 0 Å². The van der Waals surface area contributed by atoms with Crippen molar-refractivity contribution < 1.29 is 14.4 Å². The van der Waals surface area contributed by atoms with Crippen molar-refractivity contribution >= 4 is 35.2 Å². The molecule has 2 aliphatic rings. The van der Waals surface area contributed by atoms with Crippen LogP contribution in [0.4, 0.5) is 5.69 Å². The quantitative estimate of drug-likeness (QED) is 0.796. The van der Waals surface area contributed by atoms with Crippen LogP contribution in [0, 0.1) is 0 Å². The van der Waals surface area contributed by atoms with E-state index < -0.39 is 0 Å². The molecule has 2 aliphatic heterocycles. The largest absolute Gasteiger partial charge is 0.348 e. The summed E-state index contributed by atoms with van der Waals surface area (Å²) in [6, 6.07) is 15.0. The molecule has 0 bridgehead atoms. The molecule has 1 fully saturated rings. The molecule has 0 saturated carbocycles. The summed E-state index contributed by atoms with van der Waals surface area (Å²) in [7, 11) is 0. The standard InChI is InChI=1S/C22H23N3O3S/c26-20(24-18-11-13-29-19-5-2-1-4-17(18)19)14-23-22(28)15-7-9-16(10-8-15)25-12-3-6-21(25)27/h1-2,4-5,7-10,18H,3,6,11-14H2,(H,23,28)(H,24,26). The number of hydrogen-bond acceptors (Lipinski definition) is 4. The maximum absolute atomic E-state index is 12.4. The first-order chi connectivity index (χ1) is 14.1. The average Bonchev–Trinajstić information content (AvgIpc) is 3.18. The van der Waals surface area contributed by atoms with Gasteiger partial charge in [0.25, 0.3) is 5.91 Å². The van der Waals surface area contributed by atoms with Gasteiger partial charge in [0.2, 0.25) is 11.8 Å². The van der Waals surface area contributed by atoms with Gasteiger partial charge in [-0.25, -0.2) is 0 Å². The van der Waals surface area contributed by atoms with Crippen LogP contribution < -0.4 is 15.5 Å². The SMILES string of the molecule is O=C(CNC(=O)c1ccc(N2CCCC2=O)cc1)NC1CCSc2ccccc21. The minimum atomic E-state index is -0.306. The Morgan fingerprint density at radius 2 is 1.90 bits per heavy atom. The minimum absolute atomic E-state index is 0.0193. The molecule has 2 aromatic carbocycles. The molecule has 0 aromatic heterocycles. The Hall–Kier alpha value is -2.80. The van der Waals surface area contributed by atoms with Gasteiger partial charge in [-0.1, -0.05) is 18.2 Å². The van der Waals surface area contributed by atoms with E-state index in [2.05, 4.69) is 16.7 Å². The molecule has 2 N–H and O–H groups in total.